The predicted octanol–water partition coefficient (Wildman–Crippen LogP) is 2.51. The quantitative estimate of drug-likeness (QED) is 0.374. The van der Waals surface area contributed by atoms with E-state index in [2.05, 4.69) is 15.2 Å². The van der Waals surface area contributed by atoms with Crippen LogP contribution in [0.25, 0.3) is 0 Å². The van der Waals surface area contributed by atoms with Crippen LogP contribution in [0.2, 0.25) is 0 Å². The number of nitrogens with two attached hydrogens (primary N) is 1. The smallest absolute Gasteiger partial charge is 0.217 e. The lowest BCUT2D eigenvalue weighted by Gasteiger charge is -2.34. The number of carbonyl (C=O) groups excluding carboxylic acids is 1. The molecule has 8 heteroatoms. The zero-order chi connectivity index (χ0) is 18.2. The van der Waals surface area contributed by atoms with E-state index in [-0.39, 0.29) is 47.4 Å². The fourth-order valence-corrected chi connectivity index (χ4v) is 3.11. The molecule has 0 spiro atoms. The molecule has 3 N–H and O–H groups in total. The van der Waals surface area contributed by atoms with E-state index >= 15 is 0 Å². The normalized spacial score (nSPS) is 17.4. The van der Waals surface area contributed by atoms with Crippen molar-refractivity contribution in [2.75, 3.05) is 26.7 Å². The van der Waals surface area contributed by atoms with Gasteiger partial charge in [-0.2, -0.15) is 0 Å². The van der Waals surface area contributed by atoms with Gasteiger partial charge in [0.1, 0.15) is 0 Å². The minimum atomic E-state index is -0.389. The third-order valence-corrected chi connectivity index (χ3v) is 4.27. The van der Waals surface area contributed by atoms with Crippen molar-refractivity contribution in [3.8, 4) is 5.75 Å². The number of methoxy groups -OCH3 is 1. The van der Waals surface area contributed by atoms with Gasteiger partial charge in [0.15, 0.2) is 17.5 Å². The summed E-state index contributed by atoms with van der Waals surface area (Å²) >= 11 is 0. The van der Waals surface area contributed by atoms with Gasteiger partial charge in [0, 0.05) is 26.1 Å². The average Bonchev–Trinajstić information content (AvgIpc) is 2.58. The van der Waals surface area contributed by atoms with E-state index in [1.54, 1.807) is 12.1 Å². The summed E-state index contributed by atoms with van der Waals surface area (Å²) in [5.41, 5.74) is 6.10. The largest absolute Gasteiger partial charge is 0.494 e. The van der Waals surface area contributed by atoms with Crippen LogP contribution in [0.5, 0.6) is 5.75 Å². The van der Waals surface area contributed by atoms with Gasteiger partial charge in [-0.3, -0.25) is 4.79 Å². The number of amides is 1. The first-order chi connectivity index (χ1) is 12.0. The molecule has 1 amide bonds. The maximum Gasteiger partial charge on any atom is 0.217 e. The summed E-state index contributed by atoms with van der Waals surface area (Å²) in [6.45, 7) is 4.77. The van der Waals surface area contributed by atoms with Gasteiger partial charge in [-0.1, -0.05) is 6.07 Å². The second kappa shape index (κ2) is 11.2. The summed E-state index contributed by atoms with van der Waals surface area (Å²) in [7, 11) is 1.44. The molecule has 26 heavy (non-hydrogen) atoms. The van der Waals surface area contributed by atoms with Crippen LogP contribution in [0.15, 0.2) is 23.2 Å². The molecule has 0 saturated carbocycles. The lowest BCUT2D eigenvalue weighted by atomic mass is 9.95. The lowest BCUT2D eigenvalue weighted by Crippen LogP contribution is -2.47. The fourth-order valence-electron chi connectivity index (χ4n) is 3.11. The molecule has 1 aromatic rings. The number of aliphatic imine (C=N–C) groups is 1. The van der Waals surface area contributed by atoms with E-state index in [4.69, 9.17) is 10.5 Å². The number of likely N-dealkylation sites (tertiary alicyclic amines) is 1. The SMILES string of the molecule is CCNC(=NCc1ccc(OC)c(F)c1)N1CCCC(CC(N)=O)C1.I. The minimum Gasteiger partial charge on any atom is -0.494 e. The second-order valence-corrected chi connectivity index (χ2v) is 6.26. The van der Waals surface area contributed by atoms with Crippen molar-refractivity contribution >= 4 is 35.8 Å². The predicted molar refractivity (Wildman–Crippen MR) is 111 cm³/mol. The molecule has 6 nitrogen and oxygen atoms in total. The summed E-state index contributed by atoms with van der Waals surface area (Å²) in [4.78, 5) is 18.0. The monoisotopic (exact) mass is 478 g/mol. The molecule has 1 fully saturated rings. The van der Waals surface area contributed by atoms with Crippen molar-refractivity contribution in [1.29, 1.82) is 0 Å². The Morgan fingerprint density at radius 2 is 2.27 bits per heavy atom. The van der Waals surface area contributed by atoms with Crippen molar-refractivity contribution in [3.63, 3.8) is 0 Å². The Hall–Kier alpha value is -1.58. The molecule has 1 heterocycles. The standard InChI is InChI=1S/C18H27FN4O2.HI/c1-3-21-18(23-8-4-5-14(12-23)10-17(20)24)22-11-13-6-7-16(25-2)15(19)9-13;/h6-7,9,14H,3-5,8,10-12H2,1-2H3,(H2,20,24)(H,21,22);1H. The summed E-state index contributed by atoms with van der Waals surface area (Å²) in [6.07, 6.45) is 2.40. The first-order valence-electron chi connectivity index (χ1n) is 8.67. The van der Waals surface area contributed by atoms with E-state index < -0.39 is 0 Å². The third-order valence-electron chi connectivity index (χ3n) is 4.27. The highest BCUT2D eigenvalue weighted by atomic mass is 127. The van der Waals surface area contributed by atoms with Crippen molar-refractivity contribution in [2.24, 2.45) is 16.6 Å². The number of hydrogen-bond acceptors (Lipinski definition) is 3. The summed E-state index contributed by atoms with van der Waals surface area (Å²) in [5.74, 6) is 0.619. The zero-order valence-corrected chi connectivity index (χ0v) is 17.7. The molecule has 0 bridgehead atoms. The Labute approximate surface area is 171 Å². The number of nitrogens with zero attached hydrogens (tertiary/aromatic N) is 2. The molecule has 1 aliphatic heterocycles. The van der Waals surface area contributed by atoms with E-state index in [1.807, 2.05) is 6.92 Å². The van der Waals surface area contributed by atoms with Crippen LogP contribution in [0.3, 0.4) is 0 Å². The van der Waals surface area contributed by atoms with Gasteiger partial charge < -0.3 is 20.7 Å². The number of halogens is 2. The Morgan fingerprint density at radius 3 is 2.88 bits per heavy atom. The van der Waals surface area contributed by atoms with Crippen LogP contribution in [0, 0.1) is 11.7 Å². The van der Waals surface area contributed by atoms with Gasteiger partial charge in [-0.25, -0.2) is 9.38 Å². The summed E-state index contributed by atoms with van der Waals surface area (Å²) in [5, 5.41) is 3.27. The van der Waals surface area contributed by atoms with Gasteiger partial charge in [-0.15, -0.1) is 24.0 Å². The molecule has 1 atom stereocenters. The molecule has 2 rings (SSSR count). The Kier molecular flexibility index (Phi) is 9.68. The Bertz CT molecular complexity index is 627. The zero-order valence-electron chi connectivity index (χ0n) is 15.3. The number of piperidine rings is 1. The Morgan fingerprint density at radius 1 is 1.50 bits per heavy atom. The highest BCUT2D eigenvalue weighted by Crippen LogP contribution is 2.20. The fraction of sp³-hybridized carbons (Fsp3) is 0.556. The number of carbonyl (C=O) groups is 1. The van der Waals surface area contributed by atoms with Crippen LogP contribution in [0.1, 0.15) is 31.7 Å². The first kappa shape index (κ1) is 22.5. The van der Waals surface area contributed by atoms with Crippen LogP contribution >= 0.6 is 24.0 Å². The van der Waals surface area contributed by atoms with Gasteiger partial charge in [-0.05, 0) is 43.4 Å². The average molecular weight is 478 g/mol. The molecular weight excluding hydrogens is 450 g/mol. The number of guanidine groups is 1. The summed E-state index contributed by atoms with van der Waals surface area (Å²) in [6, 6.07) is 4.86. The van der Waals surface area contributed by atoms with Crippen molar-refractivity contribution in [1.82, 2.24) is 10.2 Å². The first-order valence-corrected chi connectivity index (χ1v) is 8.67. The molecule has 1 unspecified atom stereocenters. The number of primary amides is 1. The lowest BCUT2D eigenvalue weighted by molar-refractivity contribution is -0.119. The van der Waals surface area contributed by atoms with E-state index in [9.17, 15) is 9.18 Å². The second-order valence-electron chi connectivity index (χ2n) is 6.26. The maximum absolute atomic E-state index is 13.8. The molecule has 146 valence electrons. The topological polar surface area (TPSA) is 80.0 Å². The van der Waals surface area contributed by atoms with E-state index in [1.165, 1.54) is 13.2 Å². The number of rotatable bonds is 6. The maximum atomic E-state index is 13.8. The highest BCUT2D eigenvalue weighted by Gasteiger charge is 2.23. The molecule has 0 radical (unpaired) electrons. The van der Waals surface area contributed by atoms with E-state index in [0.29, 0.717) is 13.0 Å². The molecule has 0 aromatic heterocycles. The number of benzene rings is 1. The van der Waals surface area contributed by atoms with Crippen molar-refractivity contribution in [3.05, 3.63) is 29.6 Å². The molecular formula is C18H28FIN4O2. The third kappa shape index (κ3) is 6.62. The molecule has 1 aliphatic rings. The van der Waals surface area contributed by atoms with Crippen LogP contribution in [-0.4, -0.2) is 43.5 Å². The highest BCUT2D eigenvalue weighted by molar-refractivity contribution is 14.0. The van der Waals surface area contributed by atoms with Crippen molar-refractivity contribution < 1.29 is 13.9 Å². The minimum absolute atomic E-state index is 0. The van der Waals surface area contributed by atoms with Gasteiger partial charge in [0.25, 0.3) is 0 Å². The van der Waals surface area contributed by atoms with Gasteiger partial charge in [0.2, 0.25) is 5.91 Å². The van der Waals surface area contributed by atoms with Crippen LogP contribution < -0.4 is 15.8 Å². The summed E-state index contributed by atoms with van der Waals surface area (Å²) < 4.78 is 18.7. The molecule has 0 aliphatic carbocycles. The molecule has 1 aromatic carbocycles. The number of hydrogen-bond donors (Lipinski definition) is 2. The van der Waals surface area contributed by atoms with Crippen LogP contribution in [-0.2, 0) is 11.3 Å². The van der Waals surface area contributed by atoms with Crippen LogP contribution in [0.4, 0.5) is 4.39 Å². The Balaban J connectivity index is 0.00000338. The number of ether oxygens (including phenoxy) is 1. The molecule has 1 saturated heterocycles. The van der Waals surface area contributed by atoms with E-state index in [0.717, 1.165) is 44.0 Å². The van der Waals surface area contributed by atoms with Crippen molar-refractivity contribution in [2.45, 2.75) is 32.7 Å². The number of nitrogens with one attached hydrogen (secondary N) is 1. The van der Waals surface area contributed by atoms with Gasteiger partial charge in [0.05, 0.1) is 13.7 Å². The van der Waals surface area contributed by atoms with Gasteiger partial charge >= 0.3 is 0 Å².